The first-order chi connectivity index (χ1) is 13.0. The van der Waals surface area contributed by atoms with Crippen molar-refractivity contribution in [1.29, 1.82) is 0 Å². The summed E-state index contributed by atoms with van der Waals surface area (Å²) in [5.41, 5.74) is 2.90. The topological polar surface area (TPSA) is 70.7 Å². The fourth-order valence-electron chi connectivity index (χ4n) is 2.89. The van der Waals surface area contributed by atoms with Crippen molar-refractivity contribution in [2.45, 2.75) is 13.5 Å². The smallest absolute Gasteiger partial charge is 0.319 e. The molecule has 0 unspecified atom stereocenters. The van der Waals surface area contributed by atoms with Gasteiger partial charge in [0.15, 0.2) is 0 Å². The third-order valence-electron chi connectivity index (χ3n) is 4.48. The average Bonchev–Trinajstić information content (AvgIpc) is 2.69. The van der Waals surface area contributed by atoms with E-state index in [1.54, 1.807) is 35.2 Å². The van der Waals surface area contributed by atoms with Gasteiger partial charge in [-0.3, -0.25) is 4.79 Å². The number of nitrogens with zero attached hydrogens (tertiary/aromatic N) is 1. The van der Waals surface area contributed by atoms with Gasteiger partial charge in [-0.25, -0.2) is 4.79 Å². The van der Waals surface area contributed by atoms with Crippen LogP contribution in [0, 0.1) is 6.92 Å². The Balaban J connectivity index is 1.63. The normalized spacial score (nSPS) is 13.9. The fraction of sp³-hybridized carbons (Fsp3) is 0.300. The standard InChI is InChI=1S/C20H22ClN3O3/c1-14-17(19(25)24-9-11-27-12-10-24)3-2-4-18(14)23-20(26)22-13-15-5-7-16(21)8-6-15/h2-8H,9-13H2,1H3,(H2,22,23,26). The highest BCUT2D eigenvalue weighted by Crippen LogP contribution is 2.21. The first-order valence-electron chi connectivity index (χ1n) is 8.80. The van der Waals surface area contributed by atoms with Crippen LogP contribution in [0.4, 0.5) is 10.5 Å². The molecule has 142 valence electrons. The van der Waals surface area contributed by atoms with Crippen LogP contribution in [0.3, 0.4) is 0 Å². The van der Waals surface area contributed by atoms with Crippen LogP contribution in [0.15, 0.2) is 42.5 Å². The number of benzene rings is 2. The van der Waals surface area contributed by atoms with Crippen molar-refractivity contribution in [2.24, 2.45) is 0 Å². The SMILES string of the molecule is Cc1c(NC(=O)NCc2ccc(Cl)cc2)cccc1C(=O)N1CCOCC1. The van der Waals surface area contributed by atoms with Gasteiger partial charge in [-0.2, -0.15) is 0 Å². The molecule has 2 N–H and O–H groups in total. The van der Waals surface area contributed by atoms with E-state index >= 15 is 0 Å². The van der Waals surface area contributed by atoms with Gasteiger partial charge < -0.3 is 20.3 Å². The zero-order chi connectivity index (χ0) is 19.2. The molecule has 3 rings (SSSR count). The lowest BCUT2D eigenvalue weighted by atomic mass is 10.1. The molecule has 2 aromatic carbocycles. The van der Waals surface area contributed by atoms with E-state index in [1.807, 2.05) is 19.1 Å². The van der Waals surface area contributed by atoms with Crippen LogP contribution in [0.1, 0.15) is 21.5 Å². The van der Waals surface area contributed by atoms with Crippen molar-refractivity contribution >= 4 is 29.2 Å². The molecule has 0 atom stereocenters. The molecule has 1 saturated heterocycles. The first-order valence-corrected chi connectivity index (χ1v) is 9.18. The fourth-order valence-corrected chi connectivity index (χ4v) is 3.02. The highest BCUT2D eigenvalue weighted by molar-refractivity contribution is 6.30. The monoisotopic (exact) mass is 387 g/mol. The molecule has 1 fully saturated rings. The number of urea groups is 1. The van der Waals surface area contributed by atoms with Crippen molar-refractivity contribution in [3.8, 4) is 0 Å². The van der Waals surface area contributed by atoms with Crippen LogP contribution >= 0.6 is 11.6 Å². The summed E-state index contributed by atoms with van der Waals surface area (Å²) in [6.45, 7) is 4.48. The Morgan fingerprint density at radius 3 is 2.52 bits per heavy atom. The molecule has 1 aliphatic rings. The van der Waals surface area contributed by atoms with E-state index in [2.05, 4.69) is 10.6 Å². The van der Waals surface area contributed by atoms with E-state index in [4.69, 9.17) is 16.3 Å². The largest absolute Gasteiger partial charge is 0.378 e. The van der Waals surface area contributed by atoms with Gasteiger partial charge in [-0.05, 0) is 42.3 Å². The molecule has 27 heavy (non-hydrogen) atoms. The quantitative estimate of drug-likeness (QED) is 0.844. The summed E-state index contributed by atoms with van der Waals surface area (Å²) in [6, 6.07) is 12.3. The minimum atomic E-state index is -0.330. The van der Waals surface area contributed by atoms with Crippen molar-refractivity contribution in [3.05, 3.63) is 64.2 Å². The van der Waals surface area contributed by atoms with Crippen LogP contribution in [-0.2, 0) is 11.3 Å². The predicted molar refractivity (Wildman–Crippen MR) is 105 cm³/mol. The van der Waals surface area contributed by atoms with Crippen molar-refractivity contribution in [2.75, 3.05) is 31.6 Å². The average molecular weight is 388 g/mol. The summed E-state index contributed by atoms with van der Waals surface area (Å²) >= 11 is 5.86. The Bertz CT molecular complexity index is 818. The molecule has 0 bridgehead atoms. The Kier molecular flexibility index (Phi) is 6.32. The lowest BCUT2D eigenvalue weighted by Crippen LogP contribution is -2.41. The van der Waals surface area contributed by atoms with Crippen LogP contribution < -0.4 is 10.6 Å². The zero-order valence-electron chi connectivity index (χ0n) is 15.1. The van der Waals surface area contributed by atoms with Crippen LogP contribution in [0.2, 0.25) is 5.02 Å². The summed E-state index contributed by atoms with van der Waals surface area (Å²) in [6.07, 6.45) is 0. The molecule has 1 aliphatic heterocycles. The van der Waals surface area contributed by atoms with Gasteiger partial charge >= 0.3 is 6.03 Å². The number of carbonyl (C=O) groups is 2. The van der Waals surface area contributed by atoms with E-state index < -0.39 is 0 Å². The molecule has 6 nitrogen and oxygen atoms in total. The van der Waals surface area contributed by atoms with Gasteiger partial charge in [0.05, 0.1) is 13.2 Å². The molecule has 7 heteroatoms. The number of morpholine rings is 1. The number of amides is 3. The van der Waals surface area contributed by atoms with E-state index in [9.17, 15) is 9.59 Å². The van der Waals surface area contributed by atoms with Crippen molar-refractivity contribution < 1.29 is 14.3 Å². The van der Waals surface area contributed by atoms with Gasteiger partial charge in [-0.15, -0.1) is 0 Å². The second kappa shape index (κ2) is 8.88. The minimum Gasteiger partial charge on any atom is -0.378 e. The maximum Gasteiger partial charge on any atom is 0.319 e. The molecule has 2 aromatic rings. The molecular weight excluding hydrogens is 366 g/mol. The minimum absolute atomic E-state index is 0.0407. The van der Waals surface area contributed by atoms with Crippen LogP contribution in [0.5, 0.6) is 0 Å². The molecule has 3 amide bonds. The number of hydrogen-bond acceptors (Lipinski definition) is 3. The van der Waals surface area contributed by atoms with E-state index in [0.717, 1.165) is 11.1 Å². The number of rotatable bonds is 4. The van der Waals surface area contributed by atoms with Gasteiger partial charge in [0, 0.05) is 35.9 Å². The second-order valence-corrected chi connectivity index (χ2v) is 6.75. The molecule has 1 heterocycles. The lowest BCUT2D eigenvalue weighted by molar-refractivity contribution is 0.0302. The molecular formula is C20H22ClN3O3. The van der Waals surface area contributed by atoms with Crippen LogP contribution in [0.25, 0.3) is 0 Å². The van der Waals surface area contributed by atoms with Crippen molar-refractivity contribution in [1.82, 2.24) is 10.2 Å². The van der Waals surface area contributed by atoms with E-state index in [0.29, 0.717) is 49.1 Å². The first kappa shape index (κ1) is 19.2. The van der Waals surface area contributed by atoms with E-state index in [1.165, 1.54) is 0 Å². The third-order valence-corrected chi connectivity index (χ3v) is 4.73. The second-order valence-electron chi connectivity index (χ2n) is 6.32. The summed E-state index contributed by atoms with van der Waals surface area (Å²) in [5.74, 6) is -0.0407. The molecule has 0 aromatic heterocycles. The van der Waals surface area contributed by atoms with Gasteiger partial charge in [-0.1, -0.05) is 29.8 Å². The van der Waals surface area contributed by atoms with Crippen molar-refractivity contribution in [3.63, 3.8) is 0 Å². The Hall–Kier alpha value is -2.57. The van der Waals surface area contributed by atoms with Crippen LogP contribution in [-0.4, -0.2) is 43.1 Å². The maximum atomic E-state index is 12.7. The summed E-state index contributed by atoms with van der Waals surface area (Å²) in [7, 11) is 0. The molecule has 0 saturated carbocycles. The van der Waals surface area contributed by atoms with Gasteiger partial charge in [0.25, 0.3) is 5.91 Å². The number of ether oxygens (including phenoxy) is 1. The van der Waals surface area contributed by atoms with Gasteiger partial charge in [0.2, 0.25) is 0 Å². The van der Waals surface area contributed by atoms with Gasteiger partial charge in [0.1, 0.15) is 0 Å². The Labute approximate surface area is 163 Å². The molecule has 0 spiro atoms. The molecule has 0 aliphatic carbocycles. The number of anilines is 1. The Morgan fingerprint density at radius 1 is 1.11 bits per heavy atom. The zero-order valence-corrected chi connectivity index (χ0v) is 15.9. The summed E-state index contributed by atoms with van der Waals surface area (Å²) in [4.78, 5) is 26.7. The van der Waals surface area contributed by atoms with E-state index in [-0.39, 0.29) is 11.9 Å². The number of halogens is 1. The maximum absolute atomic E-state index is 12.7. The summed E-state index contributed by atoms with van der Waals surface area (Å²) < 4.78 is 5.30. The Morgan fingerprint density at radius 2 is 1.81 bits per heavy atom. The number of carbonyl (C=O) groups excluding carboxylic acids is 2. The number of hydrogen-bond donors (Lipinski definition) is 2. The summed E-state index contributed by atoms with van der Waals surface area (Å²) in [5, 5.41) is 6.27. The highest BCUT2D eigenvalue weighted by atomic mass is 35.5. The number of nitrogens with one attached hydrogen (secondary N) is 2. The third kappa shape index (κ3) is 4.99. The lowest BCUT2D eigenvalue weighted by Gasteiger charge is -2.27. The predicted octanol–water partition coefficient (Wildman–Crippen LogP) is 3.44. The molecule has 0 radical (unpaired) electrons. The highest BCUT2D eigenvalue weighted by Gasteiger charge is 2.21.